The normalized spacial score (nSPS) is 13.1. The zero-order valence-electron chi connectivity index (χ0n) is 11.0. The smallest absolute Gasteiger partial charge is 0.134 e. The minimum atomic E-state index is 0.937. The highest BCUT2D eigenvalue weighted by molar-refractivity contribution is 5.93. The van der Waals surface area contributed by atoms with Crippen molar-refractivity contribution in [1.82, 2.24) is 0 Å². The summed E-state index contributed by atoms with van der Waals surface area (Å²) in [6, 6.07) is 21.0. The van der Waals surface area contributed by atoms with Crippen LogP contribution in [-0.2, 0) is 6.42 Å². The van der Waals surface area contributed by atoms with Gasteiger partial charge in [0.2, 0.25) is 0 Å². The average Bonchev–Trinajstić information content (AvgIpc) is 3.17. The van der Waals surface area contributed by atoms with Crippen molar-refractivity contribution in [2.24, 2.45) is 0 Å². The molecule has 1 heterocycles. The van der Waals surface area contributed by atoms with Crippen molar-refractivity contribution in [2.75, 3.05) is 0 Å². The van der Waals surface area contributed by atoms with Crippen LogP contribution < -0.4 is 0 Å². The molecule has 20 heavy (non-hydrogen) atoms. The molecule has 0 fully saturated rings. The molecule has 1 aromatic heterocycles. The second-order valence-corrected chi connectivity index (χ2v) is 5.07. The third kappa shape index (κ3) is 1.79. The van der Waals surface area contributed by atoms with Gasteiger partial charge < -0.3 is 4.42 Å². The van der Waals surface area contributed by atoms with Crippen LogP contribution in [-0.4, -0.2) is 0 Å². The molecule has 0 radical (unpaired) electrons. The average molecular weight is 258 g/mol. The molecular formula is C19H14O. The van der Waals surface area contributed by atoms with Gasteiger partial charge in [0.05, 0.1) is 6.26 Å². The number of rotatable bonds is 2. The summed E-state index contributed by atoms with van der Waals surface area (Å²) in [4.78, 5) is 0. The Morgan fingerprint density at radius 2 is 1.70 bits per heavy atom. The van der Waals surface area contributed by atoms with E-state index in [-0.39, 0.29) is 0 Å². The van der Waals surface area contributed by atoms with Gasteiger partial charge in [-0.2, -0.15) is 0 Å². The molecule has 0 amide bonds. The van der Waals surface area contributed by atoms with Crippen molar-refractivity contribution < 1.29 is 4.42 Å². The minimum Gasteiger partial charge on any atom is -0.464 e. The Morgan fingerprint density at radius 3 is 2.50 bits per heavy atom. The molecule has 96 valence electrons. The summed E-state index contributed by atoms with van der Waals surface area (Å²) in [6.45, 7) is 0. The van der Waals surface area contributed by atoms with Crippen LogP contribution in [0.5, 0.6) is 0 Å². The molecule has 1 aliphatic rings. The summed E-state index contributed by atoms with van der Waals surface area (Å²) >= 11 is 0. The van der Waals surface area contributed by atoms with E-state index >= 15 is 0 Å². The Labute approximate surface area is 118 Å². The fraction of sp³-hybridized carbons (Fsp3) is 0.0526. The number of hydrogen-bond donors (Lipinski definition) is 0. The van der Waals surface area contributed by atoms with Gasteiger partial charge in [0, 0.05) is 5.56 Å². The number of fused-ring (bicyclic) bond motifs is 1. The second-order valence-electron chi connectivity index (χ2n) is 5.07. The van der Waals surface area contributed by atoms with Gasteiger partial charge in [-0.25, -0.2) is 0 Å². The van der Waals surface area contributed by atoms with Crippen molar-refractivity contribution in [2.45, 2.75) is 6.42 Å². The standard InChI is InChI=1S/C19H14O/c1-2-6-14(7-3-1)16-12-15-8-4-9-17(18(15)13-16)19-10-5-11-20-19/h1-11,13H,12H2. The fourth-order valence-electron chi connectivity index (χ4n) is 2.85. The van der Waals surface area contributed by atoms with E-state index in [0.717, 1.165) is 12.2 Å². The van der Waals surface area contributed by atoms with Gasteiger partial charge in [0.15, 0.2) is 0 Å². The zero-order valence-corrected chi connectivity index (χ0v) is 11.0. The highest BCUT2D eigenvalue weighted by Gasteiger charge is 2.18. The van der Waals surface area contributed by atoms with Crippen LogP contribution in [0.2, 0.25) is 0 Å². The van der Waals surface area contributed by atoms with Gasteiger partial charge in [-0.1, -0.05) is 48.5 Å². The van der Waals surface area contributed by atoms with Crippen LogP contribution in [0.1, 0.15) is 16.7 Å². The summed E-state index contributed by atoms with van der Waals surface area (Å²) in [5.74, 6) is 0.937. The molecule has 1 heteroatoms. The van der Waals surface area contributed by atoms with Gasteiger partial charge in [-0.05, 0) is 46.9 Å². The molecule has 0 saturated heterocycles. The Bertz CT molecular complexity index is 765. The predicted molar refractivity (Wildman–Crippen MR) is 82.2 cm³/mol. The van der Waals surface area contributed by atoms with E-state index in [2.05, 4.69) is 54.6 Å². The van der Waals surface area contributed by atoms with Crippen LogP contribution in [0.25, 0.3) is 23.0 Å². The predicted octanol–water partition coefficient (Wildman–Crippen LogP) is 5.04. The van der Waals surface area contributed by atoms with Crippen LogP contribution in [0.3, 0.4) is 0 Å². The first-order chi connectivity index (χ1) is 9.92. The molecule has 0 aliphatic heterocycles. The fourth-order valence-corrected chi connectivity index (χ4v) is 2.85. The molecule has 1 aliphatic carbocycles. The van der Waals surface area contributed by atoms with Crippen molar-refractivity contribution in [3.8, 4) is 11.3 Å². The lowest BCUT2D eigenvalue weighted by molar-refractivity contribution is 0.582. The van der Waals surface area contributed by atoms with Crippen molar-refractivity contribution >= 4 is 11.6 Å². The van der Waals surface area contributed by atoms with Gasteiger partial charge in [0.25, 0.3) is 0 Å². The van der Waals surface area contributed by atoms with E-state index in [1.165, 1.54) is 27.8 Å². The highest BCUT2D eigenvalue weighted by Crippen LogP contribution is 2.37. The first-order valence-corrected chi connectivity index (χ1v) is 6.83. The van der Waals surface area contributed by atoms with Crippen molar-refractivity contribution in [3.63, 3.8) is 0 Å². The Balaban J connectivity index is 1.83. The summed E-state index contributed by atoms with van der Waals surface area (Å²) in [6.07, 6.45) is 5.02. The van der Waals surface area contributed by atoms with E-state index in [9.17, 15) is 0 Å². The molecule has 4 rings (SSSR count). The molecule has 3 aromatic rings. The van der Waals surface area contributed by atoms with Crippen LogP contribution in [0.15, 0.2) is 71.3 Å². The maximum Gasteiger partial charge on any atom is 0.134 e. The Kier molecular flexibility index (Phi) is 2.56. The second kappa shape index (κ2) is 4.53. The number of benzene rings is 2. The molecule has 2 aromatic carbocycles. The van der Waals surface area contributed by atoms with Gasteiger partial charge in [0.1, 0.15) is 5.76 Å². The minimum absolute atomic E-state index is 0.937. The van der Waals surface area contributed by atoms with E-state index in [1.807, 2.05) is 12.1 Å². The molecule has 1 nitrogen and oxygen atoms in total. The summed E-state index contributed by atoms with van der Waals surface area (Å²) in [5, 5.41) is 0. The lowest BCUT2D eigenvalue weighted by Gasteiger charge is -2.04. The van der Waals surface area contributed by atoms with Crippen LogP contribution in [0.4, 0.5) is 0 Å². The molecule has 0 unspecified atom stereocenters. The van der Waals surface area contributed by atoms with E-state index < -0.39 is 0 Å². The SMILES string of the molecule is C1=C(c2ccccc2)Cc2cccc(-c3ccco3)c21. The molecule has 0 atom stereocenters. The Hall–Kier alpha value is -2.54. The first-order valence-electron chi connectivity index (χ1n) is 6.83. The topological polar surface area (TPSA) is 13.1 Å². The largest absolute Gasteiger partial charge is 0.464 e. The quantitative estimate of drug-likeness (QED) is 0.627. The molecule has 0 spiro atoms. The van der Waals surface area contributed by atoms with Crippen molar-refractivity contribution in [3.05, 3.63) is 83.6 Å². The Morgan fingerprint density at radius 1 is 0.800 bits per heavy atom. The third-order valence-electron chi connectivity index (χ3n) is 3.83. The monoisotopic (exact) mass is 258 g/mol. The molecule has 0 bridgehead atoms. The lowest BCUT2D eigenvalue weighted by atomic mass is 10.0. The maximum absolute atomic E-state index is 5.56. The first kappa shape index (κ1) is 11.3. The summed E-state index contributed by atoms with van der Waals surface area (Å²) < 4.78 is 5.56. The summed E-state index contributed by atoms with van der Waals surface area (Å²) in [5.41, 5.74) is 6.52. The van der Waals surface area contributed by atoms with E-state index in [0.29, 0.717) is 0 Å². The van der Waals surface area contributed by atoms with Gasteiger partial charge in [-0.3, -0.25) is 0 Å². The van der Waals surface area contributed by atoms with Crippen molar-refractivity contribution in [1.29, 1.82) is 0 Å². The highest BCUT2D eigenvalue weighted by atomic mass is 16.3. The number of hydrogen-bond acceptors (Lipinski definition) is 1. The zero-order chi connectivity index (χ0) is 13.4. The van der Waals surface area contributed by atoms with Crippen LogP contribution in [0, 0.1) is 0 Å². The summed E-state index contributed by atoms with van der Waals surface area (Å²) in [7, 11) is 0. The van der Waals surface area contributed by atoms with Gasteiger partial charge in [-0.15, -0.1) is 0 Å². The third-order valence-corrected chi connectivity index (χ3v) is 3.83. The van der Waals surface area contributed by atoms with E-state index in [4.69, 9.17) is 4.42 Å². The van der Waals surface area contributed by atoms with Gasteiger partial charge >= 0.3 is 0 Å². The van der Waals surface area contributed by atoms with Crippen LogP contribution >= 0.6 is 0 Å². The molecule has 0 saturated carbocycles. The number of furan rings is 1. The lowest BCUT2D eigenvalue weighted by Crippen LogP contribution is -1.86. The number of allylic oxidation sites excluding steroid dienone is 1. The molecule has 0 N–H and O–H groups in total. The van der Waals surface area contributed by atoms with E-state index in [1.54, 1.807) is 6.26 Å². The molecular weight excluding hydrogens is 244 g/mol. The maximum atomic E-state index is 5.56.